The Morgan fingerprint density at radius 2 is 1.04 bits per heavy atom. The van der Waals surface area contributed by atoms with E-state index < -0.39 is 0 Å². The minimum absolute atomic E-state index is 0.903. The standard InChI is InChI=1S/C50H29NOS/c1-3-14-30(15-4-1)48-42-29-46-40(33-19-8-11-24-45(33)52-46)26-37(42)38-28-44-39(32-18-7-10-23-43(32)51(44)31-16-5-2-6-17-31)27-41(38)49(48)36-22-13-21-35-34-20-9-12-25-47(34)53-50(35)36/h1-29H. The highest BCUT2D eigenvalue weighted by Gasteiger charge is 2.24. The second kappa shape index (κ2) is 10.9. The van der Waals surface area contributed by atoms with Gasteiger partial charge in [0.25, 0.3) is 0 Å². The molecule has 0 saturated carbocycles. The van der Waals surface area contributed by atoms with Gasteiger partial charge in [0.2, 0.25) is 0 Å². The summed E-state index contributed by atoms with van der Waals surface area (Å²) in [7, 11) is 0. The van der Waals surface area contributed by atoms with Gasteiger partial charge in [0, 0.05) is 53.0 Å². The Labute approximate surface area is 308 Å². The molecule has 3 aromatic heterocycles. The Bertz CT molecular complexity index is 3440. The Morgan fingerprint density at radius 1 is 0.377 bits per heavy atom. The van der Waals surface area contributed by atoms with Gasteiger partial charge in [-0.2, -0.15) is 0 Å². The van der Waals surface area contributed by atoms with Crippen molar-refractivity contribution in [3.8, 4) is 27.9 Å². The molecular weight excluding hydrogens is 663 g/mol. The molecule has 53 heavy (non-hydrogen) atoms. The number of rotatable bonds is 3. The number of thiophene rings is 1. The average molecular weight is 692 g/mol. The number of para-hydroxylation sites is 3. The molecule has 0 atom stereocenters. The number of hydrogen-bond donors (Lipinski definition) is 0. The van der Waals surface area contributed by atoms with Gasteiger partial charge in [-0.25, -0.2) is 0 Å². The van der Waals surface area contributed by atoms with Crippen LogP contribution in [0, 0.1) is 0 Å². The number of nitrogens with zero attached hydrogens (tertiary/aromatic N) is 1. The molecule has 12 rings (SSSR count). The molecule has 0 aliphatic heterocycles. The van der Waals surface area contributed by atoms with Crippen LogP contribution in [0.15, 0.2) is 180 Å². The van der Waals surface area contributed by atoms with E-state index in [9.17, 15) is 0 Å². The summed E-state index contributed by atoms with van der Waals surface area (Å²) in [6, 6.07) is 64.3. The molecule has 2 nitrogen and oxygen atoms in total. The molecule has 0 unspecified atom stereocenters. The summed E-state index contributed by atoms with van der Waals surface area (Å²) >= 11 is 1.89. The summed E-state index contributed by atoms with van der Waals surface area (Å²) in [5.41, 5.74) is 10.3. The molecule has 0 saturated heterocycles. The van der Waals surface area contributed by atoms with Crippen LogP contribution in [-0.2, 0) is 0 Å². The monoisotopic (exact) mass is 691 g/mol. The van der Waals surface area contributed by atoms with Crippen LogP contribution in [-0.4, -0.2) is 4.57 Å². The minimum atomic E-state index is 0.903. The van der Waals surface area contributed by atoms with Crippen molar-refractivity contribution in [3.63, 3.8) is 0 Å². The highest BCUT2D eigenvalue weighted by atomic mass is 32.1. The van der Waals surface area contributed by atoms with Gasteiger partial charge in [0.05, 0.1) is 11.0 Å². The van der Waals surface area contributed by atoms with Gasteiger partial charge in [0.15, 0.2) is 0 Å². The summed E-state index contributed by atoms with van der Waals surface area (Å²) in [4.78, 5) is 0. The van der Waals surface area contributed by atoms with Crippen LogP contribution in [0.4, 0.5) is 0 Å². The summed E-state index contributed by atoms with van der Waals surface area (Å²) < 4.78 is 11.6. The predicted octanol–water partition coefficient (Wildman–Crippen LogP) is 14.7. The lowest BCUT2D eigenvalue weighted by Gasteiger charge is -2.20. The van der Waals surface area contributed by atoms with E-state index in [2.05, 4.69) is 180 Å². The van der Waals surface area contributed by atoms with Crippen LogP contribution in [0.1, 0.15) is 0 Å². The van der Waals surface area contributed by atoms with E-state index in [1.807, 2.05) is 11.3 Å². The van der Waals surface area contributed by atoms with Crippen molar-refractivity contribution in [2.24, 2.45) is 0 Å². The molecule has 3 heterocycles. The van der Waals surface area contributed by atoms with Crippen LogP contribution in [0.2, 0.25) is 0 Å². The zero-order chi connectivity index (χ0) is 34.6. The third-order valence-electron chi connectivity index (χ3n) is 11.2. The molecule has 0 radical (unpaired) electrons. The molecule has 12 aromatic rings. The first-order valence-electron chi connectivity index (χ1n) is 18.1. The van der Waals surface area contributed by atoms with Crippen LogP contribution in [0.3, 0.4) is 0 Å². The fourth-order valence-corrected chi connectivity index (χ4v) is 10.1. The molecule has 246 valence electrons. The lowest BCUT2D eigenvalue weighted by Crippen LogP contribution is -1.95. The van der Waals surface area contributed by atoms with Crippen molar-refractivity contribution in [2.45, 2.75) is 0 Å². The summed E-state index contributed by atoms with van der Waals surface area (Å²) in [6.45, 7) is 0. The minimum Gasteiger partial charge on any atom is -0.456 e. The molecule has 0 spiro atoms. The van der Waals surface area contributed by atoms with Gasteiger partial charge < -0.3 is 8.98 Å². The third-order valence-corrected chi connectivity index (χ3v) is 12.4. The molecule has 3 heteroatoms. The Kier molecular flexibility index (Phi) is 5.96. The molecule has 0 bridgehead atoms. The lowest BCUT2D eigenvalue weighted by molar-refractivity contribution is 0.669. The first-order valence-corrected chi connectivity index (χ1v) is 18.9. The largest absolute Gasteiger partial charge is 0.456 e. The molecule has 9 aromatic carbocycles. The maximum Gasteiger partial charge on any atom is 0.136 e. The molecule has 0 aliphatic rings. The zero-order valence-corrected chi connectivity index (χ0v) is 29.3. The number of benzene rings is 9. The fraction of sp³-hybridized carbons (Fsp3) is 0. The van der Waals surface area contributed by atoms with E-state index in [1.54, 1.807) is 0 Å². The normalized spacial score (nSPS) is 12.2. The van der Waals surface area contributed by atoms with Gasteiger partial charge >= 0.3 is 0 Å². The van der Waals surface area contributed by atoms with Crippen LogP contribution < -0.4 is 0 Å². The second-order valence-electron chi connectivity index (χ2n) is 14.0. The highest BCUT2D eigenvalue weighted by Crippen LogP contribution is 2.51. The Hall–Kier alpha value is -6.68. The number of fused-ring (bicyclic) bond motifs is 12. The molecule has 0 aliphatic carbocycles. The first kappa shape index (κ1) is 29.0. The smallest absolute Gasteiger partial charge is 0.136 e. The number of aromatic nitrogens is 1. The van der Waals surface area contributed by atoms with Gasteiger partial charge in [-0.05, 0) is 92.8 Å². The maximum absolute atomic E-state index is 6.60. The van der Waals surface area contributed by atoms with E-state index in [0.717, 1.165) is 27.6 Å². The Morgan fingerprint density at radius 3 is 1.91 bits per heavy atom. The van der Waals surface area contributed by atoms with Crippen LogP contribution in [0.25, 0.3) is 113 Å². The van der Waals surface area contributed by atoms with E-state index >= 15 is 0 Å². The SMILES string of the molecule is c1ccc(-c2c(-c3cccc4c3sc3ccccc34)c3cc4c5ccccc5n(-c5ccccc5)c4cc3c3cc4c(cc23)oc2ccccc24)cc1. The van der Waals surface area contributed by atoms with Crippen molar-refractivity contribution in [1.29, 1.82) is 0 Å². The van der Waals surface area contributed by atoms with E-state index in [1.165, 1.54) is 85.8 Å². The van der Waals surface area contributed by atoms with Crippen molar-refractivity contribution in [1.82, 2.24) is 4.57 Å². The van der Waals surface area contributed by atoms with Crippen LogP contribution in [0.5, 0.6) is 0 Å². The fourth-order valence-electron chi connectivity index (χ4n) is 8.90. The maximum atomic E-state index is 6.60. The summed E-state index contributed by atoms with van der Waals surface area (Å²) in [5, 5.41) is 12.2. The lowest BCUT2D eigenvalue weighted by atomic mass is 9.83. The van der Waals surface area contributed by atoms with Gasteiger partial charge in [-0.15, -0.1) is 11.3 Å². The first-order chi connectivity index (χ1) is 26.3. The second-order valence-corrected chi connectivity index (χ2v) is 15.0. The average Bonchev–Trinajstić information content (AvgIpc) is 3.89. The highest BCUT2D eigenvalue weighted by molar-refractivity contribution is 7.26. The van der Waals surface area contributed by atoms with Crippen molar-refractivity contribution in [3.05, 3.63) is 176 Å². The molecule has 0 N–H and O–H groups in total. The van der Waals surface area contributed by atoms with Gasteiger partial charge in [-0.1, -0.05) is 121 Å². The topological polar surface area (TPSA) is 18.1 Å². The van der Waals surface area contributed by atoms with E-state index in [-0.39, 0.29) is 0 Å². The molecule has 0 amide bonds. The van der Waals surface area contributed by atoms with E-state index in [0.29, 0.717) is 0 Å². The van der Waals surface area contributed by atoms with Crippen molar-refractivity contribution >= 4 is 96.8 Å². The molecular formula is C50H29NOS. The summed E-state index contributed by atoms with van der Waals surface area (Å²) in [5.74, 6) is 0. The van der Waals surface area contributed by atoms with E-state index in [4.69, 9.17) is 4.42 Å². The van der Waals surface area contributed by atoms with Crippen LogP contribution >= 0.6 is 11.3 Å². The predicted molar refractivity (Wildman–Crippen MR) is 227 cm³/mol. The van der Waals surface area contributed by atoms with Gasteiger partial charge in [0.1, 0.15) is 11.2 Å². The van der Waals surface area contributed by atoms with Crippen molar-refractivity contribution in [2.75, 3.05) is 0 Å². The number of hydrogen-bond acceptors (Lipinski definition) is 2. The quantitative estimate of drug-likeness (QED) is 0.169. The number of furan rings is 1. The molecule has 0 fully saturated rings. The third kappa shape index (κ3) is 4.08. The summed E-state index contributed by atoms with van der Waals surface area (Å²) in [6.07, 6.45) is 0. The van der Waals surface area contributed by atoms with Gasteiger partial charge in [-0.3, -0.25) is 0 Å². The van der Waals surface area contributed by atoms with Crippen molar-refractivity contribution < 1.29 is 4.42 Å². The zero-order valence-electron chi connectivity index (χ0n) is 28.5. The Balaban J connectivity index is 1.36.